The summed E-state index contributed by atoms with van der Waals surface area (Å²) in [6.07, 6.45) is 4.95. The predicted octanol–water partition coefficient (Wildman–Crippen LogP) is 3.27. The van der Waals surface area contributed by atoms with Crippen LogP contribution in [0.4, 0.5) is 0 Å². The Kier molecular flexibility index (Phi) is 3.62. The highest BCUT2D eigenvalue weighted by Gasteiger charge is 2.11. The number of fused-ring (bicyclic) bond motifs is 1. The fraction of sp³-hybridized carbons (Fsp3) is 0.0714. The average Bonchev–Trinajstić information content (AvgIpc) is 2.93. The maximum Gasteiger partial charge on any atom is 0.253 e. The number of nitrogens with zero attached hydrogens (tertiary/aromatic N) is 2. The van der Waals surface area contributed by atoms with E-state index in [0.29, 0.717) is 17.1 Å². The highest BCUT2D eigenvalue weighted by molar-refractivity contribution is 7.17. The molecule has 0 bridgehead atoms. The van der Waals surface area contributed by atoms with Gasteiger partial charge in [-0.15, -0.1) is 11.3 Å². The van der Waals surface area contributed by atoms with Gasteiger partial charge in [-0.3, -0.25) is 14.8 Å². The van der Waals surface area contributed by atoms with E-state index in [-0.39, 0.29) is 5.91 Å². The molecule has 0 atom stereocenters. The van der Waals surface area contributed by atoms with Crippen LogP contribution in [0.5, 0.6) is 0 Å². The number of aromatic nitrogens is 2. The van der Waals surface area contributed by atoms with Gasteiger partial charge in [-0.05, 0) is 23.6 Å². The maximum absolute atomic E-state index is 12.2. The quantitative estimate of drug-likeness (QED) is 0.808. The summed E-state index contributed by atoms with van der Waals surface area (Å²) in [5.74, 6) is -0.164. The van der Waals surface area contributed by atoms with Crippen LogP contribution in [0.1, 0.15) is 16.1 Å². The van der Waals surface area contributed by atoms with Crippen molar-refractivity contribution in [3.63, 3.8) is 0 Å². The first kappa shape index (κ1) is 13.0. The Bertz CT molecular complexity index is 772. The van der Waals surface area contributed by atoms with Crippen molar-refractivity contribution in [1.82, 2.24) is 15.3 Å². The zero-order valence-electron chi connectivity index (χ0n) is 10.3. The molecule has 3 rings (SSSR count). The van der Waals surface area contributed by atoms with Gasteiger partial charge in [0, 0.05) is 29.0 Å². The lowest BCUT2D eigenvalue weighted by atomic mass is 10.2. The first-order valence-corrected chi connectivity index (χ1v) is 7.19. The summed E-state index contributed by atoms with van der Waals surface area (Å²) in [6.45, 7) is 0.333. The van der Waals surface area contributed by atoms with Crippen LogP contribution in [-0.4, -0.2) is 15.9 Å². The summed E-state index contributed by atoms with van der Waals surface area (Å²) in [6, 6.07) is 5.35. The lowest BCUT2D eigenvalue weighted by molar-refractivity contribution is 0.0952. The zero-order chi connectivity index (χ0) is 13.9. The van der Waals surface area contributed by atoms with Gasteiger partial charge in [0.15, 0.2) is 0 Å². The Morgan fingerprint density at radius 1 is 1.35 bits per heavy atom. The lowest BCUT2D eigenvalue weighted by Gasteiger charge is -2.05. The minimum absolute atomic E-state index is 0.164. The van der Waals surface area contributed by atoms with Crippen LogP contribution in [0.3, 0.4) is 0 Å². The van der Waals surface area contributed by atoms with Crippen LogP contribution in [0.15, 0.2) is 42.2 Å². The number of pyridine rings is 2. The molecular formula is C14H10ClN3OS. The molecule has 0 aliphatic carbocycles. The Balaban J connectivity index is 1.78. The predicted molar refractivity (Wildman–Crippen MR) is 80.0 cm³/mol. The highest BCUT2D eigenvalue weighted by Crippen LogP contribution is 2.22. The van der Waals surface area contributed by atoms with E-state index in [4.69, 9.17) is 11.6 Å². The third-order valence-corrected chi connectivity index (χ3v) is 3.92. The molecule has 0 unspecified atom stereocenters. The number of amides is 1. The van der Waals surface area contributed by atoms with Crippen molar-refractivity contribution >= 4 is 38.9 Å². The molecular weight excluding hydrogens is 294 g/mol. The van der Waals surface area contributed by atoms with Crippen LogP contribution in [-0.2, 0) is 6.54 Å². The number of rotatable bonds is 3. The van der Waals surface area contributed by atoms with Crippen LogP contribution >= 0.6 is 22.9 Å². The van der Waals surface area contributed by atoms with Gasteiger partial charge in [-0.25, -0.2) is 0 Å². The molecule has 1 amide bonds. The van der Waals surface area contributed by atoms with Gasteiger partial charge < -0.3 is 5.32 Å². The molecule has 3 heterocycles. The Morgan fingerprint density at radius 2 is 2.25 bits per heavy atom. The minimum Gasteiger partial charge on any atom is -0.346 e. The summed E-state index contributed by atoms with van der Waals surface area (Å²) in [7, 11) is 0. The molecule has 3 aromatic heterocycles. The molecule has 20 heavy (non-hydrogen) atoms. The third kappa shape index (κ3) is 2.64. The molecule has 1 N–H and O–H groups in total. The first-order valence-electron chi connectivity index (χ1n) is 5.94. The molecule has 0 saturated heterocycles. The molecule has 4 nitrogen and oxygen atoms in total. The number of nitrogens with one attached hydrogen (secondary N) is 1. The van der Waals surface area contributed by atoms with Gasteiger partial charge in [0.05, 0.1) is 22.5 Å². The number of halogens is 1. The Labute approximate surface area is 124 Å². The number of carbonyl (C=O) groups excluding carboxylic acids is 1. The van der Waals surface area contributed by atoms with Crippen LogP contribution in [0.25, 0.3) is 10.1 Å². The summed E-state index contributed by atoms with van der Waals surface area (Å²) in [5, 5.41) is 6.30. The molecule has 6 heteroatoms. The van der Waals surface area contributed by atoms with Crippen molar-refractivity contribution in [2.45, 2.75) is 6.54 Å². The number of hydrogen-bond acceptors (Lipinski definition) is 4. The van der Waals surface area contributed by atoms with Crippen molar-refractivity contribution < 1.29 is 4.79 Å². The van der Waals surface area contributed by atoms with Crippen molar-refractivity contribution in [1.29, 1.82) is 0 Å². The molecule has 0 radical (unpaired) electrons. The van der Waals surface area contributed by atoms with E-state index < -0.39 is 0 Å². The fourth-order valence-electron chi connectivity index (χ4n) is 1.88. The van der Waals surface area contributed by atoms with Gasteiger partial charge in [0.1, 0.15) is 0 Å². The van der Waals surface area contributed by atoms with Crippen LogP contribution < -0.4 is 5.32 Å². The Morgan fingerprint density at radius 3 is 3.10 bits per heavy atom. The van der Waals surface area contributed by atoms with E-state index in [2.05, 4.69) is 15.3 Å². The second-order valence-electron chi connectivity index (χ2n) is 4.17. The first-order chi connectivity index (χ1) is 9.74. The highest BCUT2D eigenvalue weighted by atomic mass is 35.5. The molecule has 0 aliphatic rings. The molecule has 100 valence electrons. The van der Waals surface area contributed by atoms with E-state index in [1.807, 2.05) is 11.4 Å². The van der Waals surface area contributed by atoms with E-state index in [1.54, 1.807) is 42.1 Å². The standard InChI is InChI=1S/C14H10ClN3OS/c15-9-1-3-17-10(5-9)6-18-14(19)12-7-16-8-13-11(12)2-4-20-13/h1-5,7-8H,6H2,(H,18,19). The summed E-state index contributed by atoms with van der Waals surface area (Å²) >= 11 is 7.44. The van der Waals surface area contributed by atoms with Crippen molar-refractivity contribution in [2.75, 3.05) is 0 Å². The van der Waals surface area contributed by atoms with Crippen LogP contribution in [0.2, 0.25) is 5.02 Å². The van der Waals surface area contributed by atoms with Crippen molar-refractivity contribution in [2.24, 2.45) is 0 Å². The minimum atomic E-state index is -0.164. The van der Waals surface area contributed by atoms with Gasteiger partial charge >= 0.3 is 0 Å². The summed E-state index contributed by atoms with van der Waals surface area (Å²) in [4.78, 5) is 20.4. The topological polar surface area (TPSA) is 54.9 Å². The summed E-state index contributed by atoms with van der Waals surface area (Å²) < 4.78 is 0.999. The van der Waals surface area contributed by atoms with E-state index in [1.165, 1.54) is 0 Å². The fourth-order valence-corrected chi connectivity index (χ4v) is 2.84. The molecule has 0 spiro atoms. The molecule has 0 aliphatic heterocycles. The van der Waals surface area contributed by atoms with Gasteiger partial charge in [-0.1, -0.05) is 11.6 Å². The van der Waals surface area contributed by atoms with Crippen molar-refractivity contribution in [3.05, 3.63) is 58.4 Å². The second-order valence-corrected chi connectivity index (χ2v) is 5.55. The van der Waals surface area contributed by atoms with E-state index in [0.717, 1.165) is 15.8 Å². The summed E-state index contributed by atoms with van der Waals surface area (Å²) in [5.41, 5.74) is 1.29. The maximum atomic E-state index is 12.2. The normalized spacial score (nSPS) is 10.7. The van der Waals surface area contributed by atoms with Crippen LogP contribution in [0, 0.1) is 0 Å². The number of carbonyl (C=O) groups is 1. The van der Waals surface area contributed by atoms with Gasteiger partial charge in [0.25, 0.3) is 5.91 Å². The second kappa shape index (κ2) is 5.56. The monoisotopic (exact) mass is 303 g/mol. The number of hydrogen-bond donors (Lipinski definition) is 1. The van der Waals surface area contributed by atoms with Gasteiger partial charge in [0.2, 0.25) is 0 Å². The zero-order valence-corrected chi connectivity index (χ0v) is 11.9. The third-order valence-electron chi connectivity index (χ3n) is 2.83. The van der Waals surface area contributed by atoms with Crippen molar-refractivity contribution in [3.8, 4) is 0 Å². The molecule has 0 saturated carbocycles. The largest absolute Gasteiger partial charge is 0.346 e. The molecule has 3 aromatic rings. The lowest BCUT2D eigenvalue weighted by Crippen LogP contribution is -2.23. The average molecular weight is 304 g/mol. The smallest absolute Gasteiger partial charge is 0.253 e. The number of thiophene rings is 1. The van der Waals surface area contributed by atoms with E-state index in [9.17, 15) is 4.79 Å². The molecule has 0 fully saturated rings. The SMILES string of the molecule is O=C(NCc1cc(Cl)ccn1)c1cncc2sccc12. The van der Waals surface area contributed by atoms with E-state index >= 15 is 0 Å². The Hall–Kier alpha value is -1.98. The molecule has 0 aromatic carbocycles. The van der Waals surface area contributed by atoms with Gasteiger partial charge in [-0.2, -0.15) is 0 Å².